The van der Waals surface area contributed by atoms with Crippen LogP contribution in [-0.4, -0.2) is 30.9 Å². The molecule has 34 heavy (non-hydrogen) atoms. The zero-order valence-electron chi connectivity index (χ0n) is 19.5. The van der Waals surface area contributed by atoms with Gasteiger partial charge in [0.2, 0.25) is 0 Å². The summed E-state index contributed by atoms with van der Waals surface area (Å²) in [5.74, 6) is -1.42. The highest BCUT2D eigenvalue weighted by atomic mass is 16.3. The molecule has 1 unspecified atom stereocenters. The van der Waals surface area contributed by atoms with Gasteiger partial charge >= 0.3 is 0 Å². The molecule has 5 rings (SSSR count). The van der Waals surface area contributed by atoms with E-state index in [4.69, 9.17) is 0 Å². The van der Waals surface area contributed by atoms with E-state index < -0.39 is 17.7 Å². The van der Waals surface area contributed by atoms with Gasteiger partial charge in [-0.25, -0.2) is 0 Å². The number of hydrogen-bond donors (Lipinski definition) is 1. The van der Waals surface area contributed by atoms with Gasteiger partial charge in [-0.15, -0.1) is 0 Å². The van der Waals surface area contributed by atoms with Crippen LogP contribution in [-0.2, 0) is 22.4 Å². The summed E-state index contributed by atoms with van der Waals surface area (Å²) in [5.41, 5.74) is 5.62. The molecular weight excluding hydrogens is 424 g/mol. The third kappa shape index (κ3) is 3.77. The minimum Gasteiger partial charge on any atom is -0.507 e. The van der Waals surface area contributed by atoms with Gasteiger partial charge in [0.25, 0.3) is 11.7 Å². The summed E-state index contributed by atoms with van der Waals surface area (Å²) in [5, 5.41) is 11.4. The predicted molar refractivity (Wildman–Crippen MR) is 135 cm³/mol. The molecule has 1 saturated heterocycles. The molecule has 2 aliphatic rings. The summed E-state index contributed by atoms with van der Waals surface area (Å²) < 4.78 is 0. The lowest BCUT2D eigenvalue weighted by Gasteiger charge is -2.26. The number of aliphatic hydroxyl groups excluding tert-OH is 1. The highest BCUT2D eigenvalue weighted by Gasteiger charge is 2.47. The summed E-state index contributed by atoms with van der Waals surface area (Å²) in [6, 6.07) is 22.1. The molecule has 172 valence electrons. The Morgan fingerprint density at radius 1 is 0.882 bits per heavy atom. The molecule has 3 aromatic carbocycles. The van der Waals surface area contributed by atoms with Crippen LogP contribution in [0.15, 0.2) is 78.4 Å². The number of hydrogen-bond acceptors (Lipinski definition) is 4. The van der Waals surface area contributed by atoms with E-state index in [-0.39, 0.29) is 11.3 Å². The maximum absolute atomic E-state index is 13.3. The van der Waals surface area contributed by atoms with E-state index in [1.165, 1.54) is 22.4 Å². The Bertz CT molecular complexity index is 1280. The number of benzene rings is 3. The normalized spacial score (nSPS) is 19.2. The third-order valence-electron chi connectivity index (χ3n) is 6.83. The number of nitrogens with zero attached hydrogens (tertiary/aromatic N) is 2. The zero-order chi connectivity index (χ0) is 23.8. The number of ketones is 1. The average molecular weight is 453 g/mol. The molecule has 5 heteroatoms. The van der Waals surface area contributed by atoms with E-state index in [1.54, 1.807) is 0 Å². The van der Waals surface area contributed by atoms with Crippen LogP contribution < -0.4 is 9.80 Å². The fourth-order valence-corrected chi connectivity index (χ4v) is 4.99. The molecule has 1 aliphatic carbocycles. The lowest BCUT2D eigenvalue weighted by molar-refractivity contribution is -0.132. The van der Waals surface area contributed by atoms with E-state index in [9.17, 15) is 14.7 Å². The first-order valence-corrected chi connectivity index (χ1v) is 11.7. The SMILES string of the molecule is CN(C)c1ccc(C2/C(=C(/O)c3ccc4c(c3)CCCC4)C(=O)C(=O)N2c2ccccc2)cc1. The molecule has 0 radical (unpaired) electrons. The maximum Gasteiger partial charge on any atom is 0.300 e. The highest BCUT2D eigenvalue weighted by Crippen LogP contribution is 2.42. The zero-order valence-corrected chi connectivity index (χ0v) is 19.5. The van der Waals surface area contributed by atoms with Gasteiger partial charge in [0.05, 0.1) is 11.6 Å². The Kier molecular flexibility index (Phi) is 5.70. The van der Waals surface area contributed by atoms with E-state index in [0.29, 0.717) is 11.3 Å². The summed E-state index contributed by atoms with van der Waals surface area (Å²) in [6.45, 7) is 0. The third-order valence-corrected chi connectivity index (χ3v) is 6.83. The Morgan fingerprint density at radius 2 is 1.56 bits per heavy atom. The molecule has 5 nitrogen and oxygen atoms in total. The van der Waals surface area contributed by atoms with Crippen LogP contribution in [0.2, 0.25) is 0 Å². The van der Waals surface area contributed by atoms with Crippen LogP contribution in [0.3, 0.4) is 0 Å². The number of aryl methyl sites for hydroxylation is 2. The summed E-state index contributed by atoms with van der Waals surface area (Å²) in [4.78, 5) is 30.1. The first-order chi connectivity index (χ1) is 16.5. The van der Waals surface area contributed by atoms with Crippen molar-refractivity contribution in [2.75, 3.05) is 23.9 Å². The van der Waals surface area contributed by atoms with Gasteiger partial charge in [-0.1, -0.05) is 42.5 Å². The number of Topliss-reactive ketones (excluding diaryl/α,β-unsaturated/α-hetero) is 1. The fourth-order valence-electron chi connectivity index (χ4n) is 4.99. The Balaban J connectivity index is 1.67. The minimum atomic E-state index is -0.713. The number of amides is 1. The van der Waals surface area contributed by atoms with Crippen LogP contribution in [0, 0.1) is 0 Å². The molecule has 0 spiro atoms. The molecule has 1 heterocycles. The maximum atomic E-state index is 13.3. The van der Waals surface area contributed by atoms with Gasteiger partial charge in [-0.2, -0.15) is 0 Å². The van der Waals surface area contributed by atoms with Crippen LogP contribution in [0.4, 0.5) is 11.4 Å². The predicted octanol–water partition coefficient (Wildman–Crippen LogP) is 5.26. The first-order valence-electron chi connectivity index (χ1n) is 11.7. The number of carbonyl (C=O) groups excluding carboxylic acids is 2. The molecular formula is C29H28N2O3. The van der Waals surface area contributed by atoms with Crippen molar-refractivity contribution in [2.45, 2.75) is 31.7 Å². The van der Waals surface area contributed by atoms with Gasteiger partial charge < -0.3 is 10.0 Å². The minimum absolute atomic E-state index is 0.119. The lowest BCUT2D eigenvalue weighted by atomic mass is 9.88. The number of fused-ring (bicyclic) bond motifs is 1. The number of para-hydroxylation sites is 1. The molecule has 1 amide bonds. The van der Waals surface area contributed by atoms with Crippen molar-refractivity contribution in [1.82, 2.24) is 0 Å². The van der Waals surface area contributed by atoms with Gasteiger partial charge in [0, 0.05) is 31.0 Å². The fraction of sp³-hybridized carbons (Fsp3) is 0.241. The van der Waals surface area contributed by atoms with E-state index in [2.05, 4.69) is 0 Å². The van der Waals surface area contributed by atoms with E-state index in [0.717, 1.165) is 30.5 Å². The van der Waals surface area contributed by atoms with Crippen molar-refractivity contribution in [3.63, 3.8) is 0 Å². The van der Waals surface area contributed by atoms with Crippen LogP contribution in [0.1, 0.15) is 41.1 Å². The number of aliphatic hydroxyl groups is 1. The van der Waals surface area contributed by atoms with Crippen LogP contribution >= 0.6 is 0 Å². The van der Waals surface area contributed by atoms with Crippen molar-refractivity contribution in [3.8, 4) is 0 Å². The highest BCUT2D eigenvalue weighted by molar-refractivity contribution is 6.51. The number of anilines is 2. The molecule has 3 aromatic rings. The van der Waals surface area contributed by atoms with Gasteiger partial charge in [-0.05, 0) is 72.7 Å². The topological polar surface area (TPSA) is 60.9 Å². The summed E-state index contributed by atoms with van der Waals surface area (Å²) in [6.07, 6.45) is 4.29. The first kappa shape index (κ1) is 22.0. The second-order valence-corrected chi connectivity index (χ2v) is 9.18. The van der Waals surface area contributed by atoms with Gasteiger partial charge in [-0.3, -0.25) is 14.5 Å². The van der Waals surface area contributed by atoms with E-state index >= 15 is 0 Å². The van der Waals surface area contributed by atoms with Crippen LogP contribution in [0.5, 0.6) is 0 Å². The van der Waals surface area contributed by atoms with Crippen LogP contribution in [0.25, 0.3) is 5.76 Å². The Morgan fingerprint density at radius 3 is 2.24 bits per heavy atom. The molecule has 1 atom stereocenters. The standard InChI is InChI=1S/C29H28N2O3/c1-30(2)23-16-14-20(15-17-23)26-25(28(33)29(34)31(26)24-10-4-3-5-11-24)27(32)22-13-12-19-8-6-7-9-21(19)18-22/h3-5,10-18,26,32H,6-9H2,1-2H3/b27-25-. The van der Waals surface area contributed by atoms with Crippen molar-refractivity contribution in [3.05, 3.63) is 101 Å². The van der Waals surface area contributed by atoms with Gasteiger partial charge in [0.15, 0.2) is 0 Å². The monoisotopic (exact) mass is 452 g/mol. The van der Waals surface area contributed by atoms with Gasteiger partial charge in [0.1, 0.15) is 5.76 Å². The molecule has 1 fully saturated rings. The summed E-state index contributed by atoms with van der Waals surface area (Å²) >= 11 is 0. The molecule has 1 aliphatic heterocycles. The molecule has 1 N–H and O–H groups in total. The summed E-state index contributed by atoms with van der Waals surface area (Å²) in [7, 11) is 3.92. The quantitative estimate of drug-likeness (QED) is 0.333. The second-order valence-electron chi connectivity index (χ2n) is 9.18. The van der Waals surface area contributed by atoms with Crippen molar-refractivity contribution >= 4 is 28.8 Å². The molecule has 0 bridgehead atoms. The Hall–Kier alpha value is -3.86. The number of rotatable bonds is 4. The van der Waals surface area contributed by atoms with E-state index in [1.807, 2.05) is 91.8 Å². The largest absolute Gasteiger partial charge is 0.507 e. The smallest absolute Gasteiger partial charge is 0.300 e. The molecule has 0 saturated carbocycles. The van der Waals surface area contributed by atoms with Crippen molar-refractivity contribution in [2.24, 2.45) is 0 Å². The number of carbonyl (C=O) groups is 2. The second kappa shape index (κ2) is 8.82. The molecule has 0 aromatic heterocycles. The Labute approximate surface area is 199 Å². The lowest BCUT2D eigenvalue weighted by Crippen LogP contribution is -2.29. The van der Waals surface area contributed by atoms with Crippen molar-refractivity contribution in [1.29, 1.82) is 0 Å². The average Bonchev–Trinajstić information content (AvgIpc) is 3.14. The van der Waals surface area contributed by atoms with Crippen molar-refractivity contribution < 1.29 is 14.7 Å².